The number of anilines is 1. The Morgan fingerprint density at radius 1 is 0.724 bits per heavy atom. The number of nitrogens with zero attached hydrogens (tertiary/aromatic N) is 3. The number of rotatable bonds is 19. The molecule has 0 radical (unpaired) electrons. The molecule has 1 heterocycles. The van der Waals surface area contributed by atoms with E-state index in [1.54, 1.807) is 68.7 Å². The first-order valence-corrected chi connectivity index (χ1v) is 22.7. The minimum absolute atomic E-state index is 0.00421. The van der Waals surface area contributed by atoms with Gasteiger partial charge in [0.2, 0.25) is 35.4 Å². The molecule has 1 aromatic rings. The molecular formula is C41H66N6O8S3. The number of ether oxygens (including phenoxy) is 1. The topological polar surface area (TPSA) is 175 Å². The van der Waals surface area contributed by atoms with Gasteiger partial charge in [-0.25, -0.2) is 0 Å². The maximum atomic E-state index is 13.4. The van der Waals surface area contributed by atoms with Gasteiger partial charge in [0.15, 0.2) is 0 Å². The Kier molecular flexibility index (Phi) is 19.9. The van der Waals surface area contributed by atoms with Crippen LogP contribution in [0.1, 0.15) is 114 Å². The maximum Gasteiger partial charge on any atom is 0.322 e. The second kappa shape index (κ2) is 22.8. The molecule has 0 aromatic heterocycles. The van der Waals surface area contributed by atoms with Crippen molar-refractivity contribution in [3.05, 3.63) is 29.8 Å². The van der Waals surface area contributed by atoms with Gasteiger partial charge in [0.05, 0.1) is 25.8 Å². The Morgan fingerprint density at radius 2 is 1.21 bits per heavy atom. The van der Waals surface area contributed by atoms with E-state index in [0.717, 1.165) is 16.4 Å². The van der Waals surface area contributed by atoms with Crippen LogP contribution < -0.4 is 16.0 Å². The highest BCUT2D eigenvalue weighted by molar-refractivity contribution is 8.69. The molecule has 6 amide bonds. The van der Waals surface area contributed by atoms with Gasteiger partial charge >= 0.3 is 5.97 Å². The van der Waals surface area contributed by atoms with Crippen LogP contribution in [0.5, 0.6) is 0 Å². The molecule has 2 atom stereocenters. The normalized spacial score (nSPS) is 14.7. The van der Waals surface area contributed by atoms with E-state index in [0.29, 0.717) is 37.1 Å². The second-order valence-electron chi connectivity index (χ2n) is 18.0. The maximum absolute atomic E-state index is 13.4. The molecule has 3 N–H and O–H groups in total. The molecular weight excluding hydrogens is 801 g/mol. The summed E-state index contributed by atoms with van der Waals surface area (Å²) in [6, 6.07) is 4.94. The molecule has 58 heavy (non-hydrogen) atoms. The average molecular weight is 867 g/mol. The summed E-state index contributed by atoms with van der Waals surface area (Å²) in [5.74, 6) is -2.19. The highest BCUT2D eigenvalue weighted by Crippen LogP contribution is 2.29. The van der Waals surface area contributed by atoms with Crippen molar-refractivity contribution in [1.82, 2.24) is 25.3 Å². The molecule has 17 heteroatoms. The highest BCUT2D eigenvalue weighted by atomic mass is 33.1. The van der Waals surface area contributed by atoms with E-state index < -0.39 is 40.5 Å². The molecule has 1 aliphatic rings. The molecule has 1 fully saturated rings. The molecule has 0 saturated carbocycles. The van der Waals surface area contributed by atoms with Crippen molar-refractivity contribution in [2.24, 2.45) is 16.7 Å². The summed E-state index contributed by atoms with van der Waals surface area (Å²) >= 11 is 5.34. The summed E-state index contributed by atoms with van der Waals surface area (Å²) in [6.07, 6.45) is 2.07. The van der Waals surface area contributed by atoms with E-state index in [1.165, 1.54) is 16.7 Å². The van der Waals surface area contributed by atoms with E-state index in [4.69, 9.17) is 4.74 Å². The van der Waals surface area contributed by atoms with Crippen molar-refractivity contribution in [3.63, 3.8) is 0 Å². The van der Waals surface area contributed by atoms with Crippen LogP contribution >= 0.6 is 34.2 Å². The molecule has 0 aliphatic carbocycles. The van der Waals surface area contributed by atoms with Gasteiger partial charge in [0, 0.05) is 30.7 Å². The van der Waals surface area contributed by atoms with Crippen LogP contribution in [0.15, 0.2) is 24.3 Å². The zero-order valence-corrected chi connectivity index (χ0v) is 38.7. The third-order valence-corrected chi connectivity index (χ3v) is 12.2. The largest absolute Gasteiger partial charge is 0.460 e. The number of nitrogens with one attached hydrogen (secondary N) is 3. The van der Waals surface area contributed by atoms with Crippen LogP contribution in [0.25, 0.3) is 0 Å². The predicted molar refractivity (Wildman–Crippen MR) is 234 cm³/mol. The summed E-state index contributed by atoms with van der Waals surface area (Å²) in [5, 5.41) is 8.18. The zero-order chi connectivity index (χ0) is 44.0. The lowest BCUT2D eigenvalue weighted by Gasteiger charge is -2.42. The Balaban J connectivity index is 1.89. The van der Waals surface area contributed by atoms with Crippen LogP contribution in [0.2, 0.25) is 0 Å². The number of esters is 1. The van der Waals surface area contributed by atoms with Crippen molar-refractivity contribution in [3.8, 4) is 0 Å². The fraction of sp³-hybridized carbons (Fsp3) is 0.683. The number of carbonyl (C=O) groups is 7. The molecule has 1 aliphatic heterocycles. The number of benzene rings is 1. The van der Waals surface area contributed by atoms with E-state index in [1.807, 2.05) is 0 Å². The second-order valence-corrected chi connectivity index (χ2v) is 20.9. The Bertz CT molecular complexity index is 1550. The lowest BCUT2D eigenvalue weighted by Crippen LogP contribution is -2.59. The number of thiol groups is 1. The predicted octanol–water partition coefficient (Wildman–Crippen LogP) is 5.82. The molecule has 1 aromatic carbocycles. The third-order valence-electron chi connectivity index (χ3n) is 9.28. The van der Waals surface area contributed by atoms with Crippen LogP contribution in [0.4, 0.5) is 5.69 Å². The Hall–Kier alpha value is -3.44. The van der Waals surface area contributed by atoms with Crippen molar-refractivity contribution < 1.29 is 38.3 Å². The summed E-state index contributed by atoms with van der Waals surface area (Å²) in [6.45, 7) is 21.3. The van der Waals surface area contributed by atoms with Crippen molar-refractivity contribution in [2.75, 3.05) is 36.8 Å². The van der Waals surface area contributed by atoms with Gasteiger partial charge < -0.3 is 35.4 Å². The third kappa shape index (κ3) is 18.2. The fourth-order valence-corrected chi connectivity index (χ4v) is 6.49. The van der Waals surface area contributed by atoms with Crippen LogP contribution in [0.3, 0.4) is 0 Å². The molecule has 326 valence electrons. The summed E-state index contributed by atoms with van der Waals surface area (Å²) in [4.78, 5) is 95.7. The van der Waals surface area contributed by atoms with E-state index >= 15 is 0 Å². The van der Waals surface area contributed by atoms with Gasteiger partial charge in [-0.3, -0.25) is 33.6 Å². The number of hydrogen-bond donors (Lipinski definition) is 4. The lowest BCUT2D eigenvalue weighted by atomic mass is 9.90. The van der Waals surface area contributed by atoms with Gasteiger partial charge in [-0.1, -0.05) is 78.3 Å². The minimum atomic E-state index is -0.920. The fourth-order valence-electron chi connectivity index (χ4n) is 5.40. The van der Waals surface area contributed by atoms with Gasteiger partial charge in [0.25, 0.3) is 0 Å². The molecule has 0 unspecified atom stereocenters. The number of hydrogen-bond acceptors (Lipinski definition) is 11. The molecule has 1 saturated heterocycles. The van der Waals surface area contributed by atoms with Crippen molar-refractivity contribution in [2.45, 2.75) is 132 Å². The molecule has 0 bridgehead atoms. The average Bonchev–Trinajstić information content (AvgIpc) is 3.14. The van der Waals surface area contributed by atoms with Gasteiger partial charge in [-0.05, 0) is 68.1 Å². The van der Waals surface area contributed by atoms with Crippen molar-refractivity contribution in [1.29, 1.82) is 0 Å². The number of amides is 6. The lowest BCUT2D eigenvalue weighted by molar-refractivity contribution is -0.159. The van der Waals surface area contributed by atoms with Crippen LogP contribution in [-0.2, 0) is 44.9 Å². The number of carbonyl (C=O) groups excluding carboxylic acids is 7. The SMILES string of the molecule is CC(C)[C@H](NC(=O)CSCCC(=O)N1CN(C(=O)CCC(C)(C)C)CN(C(=O)CCC(C)(C)C)C1)C(=O)N[C@@H](C)C(=O)Nc1ccc(COC(=O)C(C)(C)SS)cc1. The first-order valence-electron chi connectivity index (χ1n) is 19.7. The molecule has 0 spiro atoms. The first kappa shape index (κ1) is 50.7. The Labute approximate surface area is 358 Å². The van der Waals surface area contributed by atoms with E-state index in [2.05, 4.69) is 69.2 Å². The zero-order valence-electron chi connectivity index (χ0n) is 36.2. The minimum Gasteiger partial charge on any atom is -0.460 e. The summed E-state index contributed by atoms with van der Waals surface area (Å²) in [5.41, 5.74) is 1.14. The van der Waals surface area contributed by atoms with Gasteiger partial charge in [0.1, 0.15) is 23.4 Å². The molecule has 14 nitrogen and oxygen atoms in total. The highest BCUT2D eigenvalue weighted by Gasteiger charge is 2.33. The van der Waals surface area contributed by atoms with Crippen LogP contribution in [-0.4, -0.2) is 104 Å². The monoisotopic (exact) mass is 866 g/mol. The van der Waals surface area contributed by atoms with E-state index in [-0.39, 0.29) is 73.3 Å². The smallest absolute Gasteiger partial charge is 0.322 e. The summed E-state index contributed by atoms with van der Waals surface area (Å²) < 4.78 is 4.56. The molecule has 2 rings (SSSR count). The van der Waals surface area contributed by atoms with Crippen LogP contribution in [0, 0.1) is 16.7 Å². The quantitative estimate of drug-likeness (QED) is 0.0575. The van der Waals surface area contributed by atoms with Gasteiger partial charge in [-0.15, -0.1) is 11.7 Å². The summed E-state index contributed by atoms with van der Waals surface area (Å²) in [7, 11) is 1.10. The number of thioether (sulfide) groups is 1. The van der Waals surface area contributed by atoms with Crippen molar-refractivity contribution >= 4 is 81.3 Å². The van der Waals surface area contributed by atoms with Gasteiger partial charge in [-0.2, -0.15) is 11.8 Å². The standard InChI is InChI=1S/C41H66N6O8S3/c1-27(2)35(37(53)42-28(3)36(52)43-30-14-12-29(13-15-30)22-55-38(54)41(10,11)58-56)44-31(48)23-57-21-18-34(51)47-25-45(32(49)16-19-39(4,5)6)24-46(26-47)33(50)17-20-40(7,8)9/h12-15,27-28,35,56H,16-26H2,1-11H3,(H,42,53)(H,43,52)(H,44,48)/t28-,35-/m0/s1. The Morgan fingerprint density at radius 3 is 1.66 bits per heavy atom. The first-order chi connectivity index (χ1) is 26.8. The van der Waals surface area contributed by atoms with E-state index in [9.17, 15) is 33.6 Å².